The van der Waals surface area contributed by atoms with Crippen molar-refractivity contribution in [2.24, 2.45) is 47.3 Å². The second-order valence-electron chi connectivity index (χ2n) is 26.2. The van der Waals surface area contributed by atoms with Crippen molar-refractivity contribution < 1.29 is 33.7 Å². The van der Waals surface area contributed by atoms with Gasteiger partial charge in [0.05, 0.1) is 84.4 Å². The van der Waals surface area contributed by atoms with E-state index in [1.54, 1.807) is 0 Å². The molecule has 4 aliphatic carbocycles. The van der Waals surface area contributed by atoms with Crippen LogP contribution in [0.15, 0.2) is 0 Å². The first-order valence-corrected chi connectivity index (χ1v) is 39.1. The van der Waals surface area contributed by atoms with Crippen molar-refractivity contribution in [3.63, 3.8) is 0 Å². The van der Waals surface area contributed by atoms with E-state index in [1.807, 2.05) is 0 Å². The highest BCUT2D eigenvalue weighted by atomic mass is 32.2. The fourth-order valence-corrected chi connectivity index (χ4v) is 22.4. The Morgan fingerprint density at radius 2 is 0.475 bits per heavy atom. The first-order valence-electron chi connectivity index (χ1n) is 32.5. The molecule has 9 aliphatic rings. The number of sulfonamides is 4. The van der Waals surface area contributed by atoms with Gasteiger partial charge in [0, 0.05) is 23.9 Å². The van der Waals surface area contributed by atoms with Crippen LogP contribution in [-0.2, 0) is 40.1 Å². The summed E-state index contributed by atoms with van der Waals surface area (Å²) >= 11 is 0. The van der Waals surface area contributed by atoms with E-state index in [-0.39, 0.29) is 71.8 Å². The van der Waals surface area contributed by atoms with E-state index >= 15 is 0 Å². The summed E-state index contributed by atoms with van der Waals surface area (Å²) in [5.41, 5.74) is 0. The monoisotopic (exact) mass is 1200 g/mol. The summed E-state index contributed by atoms with van der Waals surface area (Å²) in [5, 5.41) is 32.8. The van der Waals surface area contributed by atoms with Gasteiger partial charge >= 0.3 is 0 Å². The molecule has 12 N–H and O–H groups in total. The van der Waals surface area contributed by atoms with Crippen molar-refractivity contribution >= 4 is 40.1 Å². The molecule has 20 unspecified atom stereocenters. The number of hydrogen-bond acceptors (Lipinski definition) is 16. The molecular formula is C56H108N12O8S4. The van der Waals surface area contributed by atoms with Gasteiger partial charge < -0.3 is 0 Å². The zero-order valence-corrected chi connectivity index (χ0v) is 52.3. The van der Waals surface area contributed by atoms with Gasteiger partial charge in [-0.2, -0.15) is 0 Å². The van der Waals surface area contributed by atoms with E-state index in [0.717, 1.165) is 103 Å². The lowest BCUT2D eigenvalue weighted by atomic mass is 9.68. The summed E-state index contributed by atoms with van der Waals surface area (Å²) < 4.78 is 131. The molecule has 0 radical (unpaired) electrons. The van der Waals surface area contributed by atoms with E-state index in [4.69, 9.17) is 0 Å². The molecule has 5 saturated heterocycles. The van der Waals surface area contributed by atoms with Gasteiger partial charge in [-0.1, -0.05) is 143 Å². The minimum atomic E-state index is -4.23. The van der Waals surface area contributed by atoms with Crippen LogP contribution in [0.4, 0.5) is 0 Å². The lowest BCUT2D eigenvalue weighted by Crippen LogP contribution is -2.77. The average Bonchev–Trinajstić information content (AvgIpc) is 4.31. The third kappa shape index (κ3) is 15.9. The number of fused-ring (bicyclic) bond motifs is 20. The van der Waals surface area contributed by atoms with Crippen molar-refractivity contribution in [1.29, 1.82) is 0 Å². The number of hydrogen-bond donors (Lipinski definition) is 12. The highest BCUT2D eigenvalue weighted by Crippen LogP contribution is 2.47. The second kappa shape index (κ2) is 28.9. The standard InChI is InChI=1S/C56H108N12O8S4/c1-5-9-13-23-33-77(69,70)65-45-43-44(46(66-78(71,72)34-24-14-10-6-2)48(68-80(75,76)36-26-16-12-8-4)47(45)67-79(73,74)35-25-15-11-7-3)56-63-54-42-32-22-20-30-40(42)52(61-54)59-50-38-28-18-17-27-37(38)49(57-50)58-51-39-29-19-21-31-41(39)53(60-51)62-55(43)64-56/h37-68H,5-36H2,1-4H3. The summed E-state index contributed by atoms with van der Waals surface area (Å²) in [6, 6.07) is -5.33. The van der Waals surface area contributed by atoms with E-state index in [2.05, 4.69) is 89.1 Å². The van der Waals surface area contributed by atoms with Gasteiger partial charge in [-0.05, 0) is 99.7 Å². The fraction of sp³-hybridized carbons (Fsp3) is 1.00. The van der Waals surface area contributed by atoms with E-state index in [9.17, 15) is 33.7 Å². The molecule has 0 aromatic heterocycles. The predicted molar refractivity (Wildman–Crippen MR) is 318 cm³/mol. The van der Waals surface area contributed by atoms with Gasteiger partial charge in [-0.25, -0.2) is 52.6 Å². The Morgan fingerprint density at radius 3 is 0.700 bits per heavy atom. The summed E-state index contributed by atoms with van der Waals surface area (Å²) in [4.78, 5) is 0. The molecule has 20 atom stereocenters. The lowest BCUT2D eigenvalue weighted by Gasteiger charge is -2.51. The summed E-state index contributed by atoms with van der Waals surface area (Å²) in [5.74, 6) is -0.552. The Bertz CT molecular complexity index is 2250. The fourth-order valence-electron chi connectivity index (χ4n) is 16.7. The van der Waals surface area contributed by atoms with Crippen LogP contribution < -0.4 is 61.4 Å². The molecule has 464 valence electrons. The molecule has 8 bridgehead atoms. The number of rotatable bonds is 28. The molecule has 0 aromatic carbocycles. The maximum Gasteiger partial charge on any atom is 0.211 e. The van der Waals surface area contributed by atoms with Crippen molar-refractivity contribution in [2.75, 3.05) is 23.0 Å². The highest BCUT2D eigenvalue weighted by molar-refractivity contribution is 7.90. The van der Waals surface area contributed by atoms with E-state index in [0.29, 0.717) is 75.0 Å². The van der Waals surface area contributed by atoms with Crippen molar-refractivity contribution in [2.45, 2.75) is 281 Å². The maximum atomic E-state index is 15.0. The number of unbranched alkanes of at least 4 members (excludes halogenated alkanes) is 12. The topological polar surface area (TPSA) is 281 Å². The van der Waals surface area contributed by atoms with Crippen LogP contribution in [0.2, 0.25) is 0 Å². The molecule has 80 heavy (non-hydrogen) atoms. The van der Waals surface area contributed by atoms with Gasteiger partial charge in [-0.15, -0.1) is 0 Å². The largest absolute Gasteiger partial charge is 0.286 e. The average molecular weight is 1210 g/mol. The van der Waals surface area contributed by atoms with Crippen molar-refractivity contribution in [3.8, 4) is 0 Å². The molecule has 0 spiro atoms. The second-order valence-corrected chi connectivity index (χ2v) is 33.7. The van der Waals surface area contributed by atoms with Gasteiger partial charge in [0.25, 0.3) is 0 Å². The van der Waals surface area contributed by atoms with Crippen molar-refractivity contribution in [3.05, 3.63) is 0 Å². The minimum Gasteiger partial charge on any atom is -0.286 e. The number of nitrogens with one attached hydrogen (secondary N) is 12. The zero-order chi connectivity index (χ0) is 56.7. The van der Waals surface area contributed by atoms with Gasteiger partial charge in [0.2, 0.25) is 40.1 Å². The summed E-state index contributed by atoms with van der Waals surface area (Å²) in [6.45, 7) is 8.24. The lowest BCUT2D eigenvalue weighted by molar-refractivity contribution is 0.0887. The summed E-state index contributed by atoms with van der Waals surface area (Å²) in [6.07, 6.45) is 22.7. The molecule has 9 rings (SSSR count). The van der Waals surface area contributed by atoms with E-state index in [1.165, 1.54) is 25.7 Å². The molecule has 5 aliphatic heterocycles. The van der Waals surface area contributed by atoms with Crippen LogP contribution in [0, 0.1) is 47.3 Å². The van der Waals surface area contributed by atoms with Crippen LogP contribution in [0.1, 0.15) is 207 Å². The molecule has 24 heteroatoms. The SMILES string of the molecule is CCCCCCS(=O)(=O)NC1C(NS(=O)(=O)CCCCCC)C(NS(=O)(=O)CCCCCC)C2C3NC4NC(NC5NC(NC6NC(NC(N3)C2C1NS(=O)(=O)CCCCCC)C1CCCCC61)C1CCCCC51)C1CCCCC41. The molecular weight excluding hydrogens is 1100 g/mol. The zero-order valence-electron chi connectivity index (χ0n) is 49.1. The normalized spacial score (nSPS) is 39.4. The quantitative estimate of drug-likeness (QED) is 0.0480. The van der Waals surface area contributed by atoms with E-state index < -0.39 is 88.4 Å². The Balaban J connectivity index is 1.19. The van der Waals surface area contributed by atoms with Crippen LogP contribution in [0.3, 0.4) is 0 Å². The highest BCUT2D eigenvalue weighted by Gasteiger charge is 2.63. The first kappa shape index (κ1) is 63.8. The molecule has 4 saturated carbocycles. The molecule has 5 heterocycles. The van der Waals surface area contributed by atoms with Crippen molar-refractivity contribution in [1.82, 2.24) is 61.4 Å². The van der Waals surface area contributed by atoms with Gasteiger partial charge in [0.1, 0.15) is 0 Å². The van der Waals surface area contributed by atoms with Crippen LogP contribution in [0.5, 0.6) is 0 Å². The maximum absolute atomic E-state index is 15.0. The first-order chi connectivity index (χ1) is 38.4. The Hall–Kier alpha value is -0.680. The minimum absolute atomic E-state index is 0.0215. The Labute approximate surface area is 483 Å². The third-order valence-corrected chi connectivity index (χ3v) is 26.4. The Morgan fingerprint density at radius 1 is 0.275 bits per heavy atom. The van der Waals surface area contributed by atoms with Crippen LogP contribution in [0.25, 0.3) is 0 Å². The predicted octanol–water partition coefficient (Wildman–Crippen LogP) is 4.52. The van der Waals surface area contributed by atoms with Crippen LogP contribution in [-0.4, -0.2) is 130 Å². The van der Waals surface area contributed by atoms with Crippen LogP contribution >= 0.6 is 0 Å². The molecule has 0 amide bonds. The molecule has 9 fully saturated rings. The van der Waals surface area contributed by atoms with Gasteiger partial charge in [-0.3, -0.25) is 42.5 Å². The summed E-state index contributed by atoms with van der Waals surface area (Å²) in [7, 11) is -16.8. The third-order valence-electron chi connectivity index (χ3n) is 20.6. The Kier molecular flexibility index (Phi) is 23.0. The smallest absolute Gasteiger partial charge is 0.211 e. The molecule has 0 aromatic rings. The van der Waals surface area contributed by atoms with Gasteiger partial charge in [0.15, 0.2) is 0 Å². The molecule has 20 nitrogen and oxygen atoms in total.